The van der Waals surface area contributed by atoms with E-state index in [4.69, 9.17) is 0 Å². The van der Waals surface area contributed by atoms with Gasteiger partial charge in [-0.2, -0.15) is 0 Å². The van der Waals surface area contributed by atoms with E-state index >= 15 is 0 Å². The molecule has 0 saturated carbocycles. The van der Waals surface area contributed by atoms with Gasteiger partial charge in [-0.1, -0.05) is 41.5 Å². The van der Waals surface area contributed by atoms with Crippen LogP contribution in [0.3, 0.4) is 0 Å². The normalized spacial score (nSPS) is 13.8. The van der Waals surface area contributed by atoms with Gasteiger partial charge in [0.2, 0.25) is 0 Å². The molecular formula is C12H27P. The first-order chi connectivity index (χ1) is 5.69. The summed E-state index contributed by atoms with van der Waals surface area (Å²) in [6, 6.07) is 0. The lowest BCUT2D eigenvalue weighted by Gasteiger charge is -2.41. The van der Waals surface area contributed by atoms with E-state index in [1.807, 2.05) is 0 Å². The second-order valence-electron chi connectivity index (χ2n) is 6.22. The molecule has 1 unspecified atom stereocenters. The van der Waals surface area contributed by atoms with Crippen LogP contribution in [0.15, 0.2) is 0 Å². The van der Waals surface area contributed by atoms with Crippen LogP contribution in [-0.4, -0.2) is 6.16 Å². The highest BCUT2D eigenvalue weighted by atomic mass is 31.0. The molecular weight excluding hydrogens is 175 g/mol. The lowest BCUT2D eigenvalue weighted by Crippen LogP contribution is -2.32. The van der Waals surface area contributed by atoms with Crippen molar-refractivity contribution in [2.24, 2.45) is 16.7 Å². The summed E-state index contributed by atoms with van der Waals surface area (Å²) >= 11 is 0. The molecule has 0 spiro atoms. The van der Waals surface area contributed by atoms with E-state index in [9.17, 15) is 0 Å². The van der Waals surface area contributed by atoms with Crippen molar-refractivity contribution in [3.05, 3.63) is 0 Å². The van der Waals surface area contributed by atoms with Gasteiger partial charge in [0.1, 0.15) is 0 Å². The minimum atomic E-state index is 0.443. The summed E-state index contributed by atoms with van der Waals surface area (Å²) < 4.78 is 0. The Bertz CT molecular complexity index is 122. The predicted molar refractivity (Wildman–Crippen MR) is 66.2 cm³/mol. The van der Waals surface area contributed by atoms with E-state index in [-0.39, 0.29) is 0 Å². The monoisotopic (exact) mass is 202 g/mol. The summed E-state index contributed by atoms with van der Waals surface area (Å²) in [5, 5.41) is 0. The molecule has 0 saturated heterocycles. The van der Waals surface area contributed by atoms with Crippen molar-refractivity contribution in [1.82, 2.24) is 0 Å². The van der Waals surface area contributed by atoms with Gasteiger partial charge in [-0.25, -0.2) is 0 Å². The molecule has 0 nitrogen and oxygen atoms in total. The average molecular weight is 202 g/mol. The quantitative estimate of drug-likeness (QED) is 0.597. The van der Waals surface area contributed by atoms with Crippen molar-refractivity contribution in [2.75, 3.05) is 6.16 Å². The van der Waals surface area contributed by atoms with Crippen molar-refractivity contribution in [3.63, 3.8) is 0 Å². The topological polar surface area (TPSA) is 0 Å². The van der Waals surface area contributed by atoms with E-state index in [2.05, 4.69) is 50.8 Å². The van der Waals surface area contributed by atoms with E-state index in [0.717, 1.165) is 5.92 Å². The molecule has 0 radical (unpaired) electrons. The maximum atomic E-state index is 2.83. The van der Waals surface area contributed by atoms with Gasteiger partial charge in [0.15, 0.2) is 0 Å². The molecule has 0 aliphatic carbocycles. The highest BCUT2D eigenvalue weighted by molar-refractivity contribution is 7.16. The largest absolute Gasteiger partial charge is 0.138 e. The Kier molecular flexibility index (Phi) is 4.94. The third kappa shape index (κ3) is 5.01. The fraction of sp³-hybridized carbons (Fsp3) is 1.00. The second kappa shape index (κ2) is 4.78. The number of hydrogen-bond acceptors (Lipinski definition) is 0. The molecule has 0 aliphatic rings. The zero-order chi connectivity index (χ0) is 10.7. The molecule has 13 heavy (non-hydrogen) atoms. The molecule has 0 fully saturated rings. The molecule has 0 N–H and O–H groups in total. The minimum absolute atomic E-state index is 0.443. The summed E-state index contributed by atoms with van der Waals surface area (Å²) in [5.74, 6) is 0.820. The summed E-state index contributed by atoms with van der Waals surface area (Å²) in [5.41, 5.74) is 0.885. The Morgan fingerprint density at radius 1 is 0.923 bits per heavy atom. The van der Waals surface area contributed by atoms with Gasteiger partial charge in [-0.05, 0) is 35.8 Å². The highest BCUT2D eigenvalue weighted by Gasteiger charge is 2.33. The van der Waals surface area contributed by atoms with Crippen LogP contribution in [0.1, 0.15) is 54.4 Å². The van der Waals surface area contributed by atoms with Crippen molar-refractivity contribution in [3.8, 4) is 0 Å². The fourth-order valence-corrected chi connectivity index (χ4v) is 2.72. The molecule has 1 atom stereocenters. The smallest absolute Gasteiger partial charge is 0.0316 e. The minimum Gasteiger partial charge on any atom is -0.138 e. The molecule has 0 aromatic carbocycles. The van der Waals surface area contributed by atoms with Gasteiger partial charge in [0.05, 0.1) is 0 Å². The predicted octanol–water partition coefficient (Wildman–Crippen LogP) is 4.35. The van der Waals surface area contributed by atoms with E-state index in [1.54, 1.807) is 0 Å². The molecule has 0 heterocycles. The van der Waals surface area contributed by atoms with Gasteiger partial charge in [-0.3, -0.25) is 0 Å². The summed E-state index contributed by atoms with van der Waals surface area (Å²) in [4.78, 5) is 0. The Morgan fingerprint density at radius 3 is 1.54 bits per heavy atom. The summed E-state index contributed by atoms with van der Waals surface area (Å²) in [7, 11) is 2.83. The summed E-state index contributed by atoms with van der Waals surface area (Å²) in [6.45, 7) is 14.2. The third-order valence-electron chi connectivity index (χ3n) is 2.79. The number of hydrogen-bond donors (Lipinski definition) is 0. The molecule has 0 rings (SSSR count). The Hall–Kier alpha value is 0.430. The SMILES string of the molecule is CC(C)(C)C(CCCP)C(C)(C)C. The van der Waals surface area contributed by atoms with Crippen LogP contribution in [0.4, 0.5) is 0 Å². The van der Waals surface area contributed by atoms with Gasteiger partial charge in [0, 0.05) is 0 Å². The van der Waals surface area contributed by atoms with Crippen LogP contribution in [-0.2, 0) is 0 Å². The first-order valence-electron chi connectivity index (χ1n) is 5.39. The van der Waals surface area contributed by atoms with Crippen LogP contribution >= 0.6 is 9.24 Å². The lowest BCUT2D eigenvalue weighted by atomic mass is 9.65. The first-order valence-corrected chi connectivity index (χ1v) is 6.21. The molecule has 0 bridgehead atoms. The third-order valence-corrected chi connectivity index (χ3v) is 3.20. The van der Waals surface area contributed by atoms with Crippen molar-refractivity contribution >= 4 is 9.24 Å². The van der Waals surface area contributed by atoms with Crippen LogP contribution in [0.5, 0.6) is 0 Å². The molecule has 1 heteroatoms. The van der Waals surface area contributed by atoms with Crippen LogP contribution in [0.2, 0.25) is 0 Å². The second-order valence-corrected chi connectivity index (χ2v) is 6.79. The maximum absolute atomic E-state index is 2.83. The van der Waals surface area contributed by atoms with E-state index < -0.39 is 0 Å². The lowest BCUT2D eigenvalue weighted by molar-refractivity contribution is 0.0924. The Morgan fingerprint density at radius 2 is 1.31 bits per heavy atom. The van der Waals surface area contributed by atoms with Crippen molar-refractivity contribution in [2.45, 2.75) is 54.4 Å². The zero-order valence-electron chi connectivity index (χ0n) is 10.3. The standard InChI is InChI=1S/C12H27P/c1-11(2,3)10(8-7-9-13)12(4,5)6/h10H,7-9,13H2,1-6H3. The zero-order valence-corrected chi connectivity index (χ0v) is 11.4. The van der Waals surface area contributed by atoms with Crippen LogP contribution in [0, 0.1) is 16.7 Å². The Labute approximate surface area is 87.1 Å². The highest BCUT2D eigenvalue weighted by Crippen LogP contribution is 2.42. The van der Waals surface area contributed by atoms with Gasteiger partial charge in [-0.15, -0.1) is 9.24 Å². The van der Waals surface area contributed by atoms with Gasteiger partial charge in [0.25, 0.3) is 0 Å². The Balaban J connectivity index is 4.39. The van der Waals surface area contributed by atoms with Crippen molar-refractivity contribution in [1.29, 1.82) is 0 Å². The molecule has 80 valence electrons. The van der Waals surface area contributed by atoms with Crippen LogP contribution < -0.4 is 0 Å². The summed E-state index contributed by atoms with van der Waals surface area (Å²) in [6.07, 6.45) is 3.93. The number of rotatable bonds is 3. The van der Waals surface area contributed by atoms with E-state index in [1.165, 1.54) is 19.0 Å². The molecule has 0 aliphatic heterocycles. The van der Waals surface area contributed by atoms with Gasteiger partial charge >= 0.3 is 0 Å². The molecule has 0 aromatic rings. The molecule has 0 aromatic heterocycles. The average Bonchev–Trinajstić information content (AvgIpc) is 1.81. The van der Waals surface area contributed by atoms with Crippen molar-refractivity contribution < 1.29 is 0 Å². The molecule has 0 amide bonds. The van der Waals surface area contributed by atoms with Gasteiger partial charge < -0.3 is 0 Å². The maximum Gasteiger partial charge on any atom is -0.0316 e. The van der Waals surface area contributed by atoms with E-state index in [0.29, 0.717) is 10.8 Å². The fourth-order valence-electron chi connectivity index (χ4n) is 2.49. The van der Waals surface area contributed by atoms with Crippen LogP contribution in [0.25, 0.3) is 0 Å². The first kappa shape index (κ1) is 13.4.